The fourth-order valence-electron chi connectivity index (χ4n) is 2.44. The Hall–Kier alpha value is -2.06. The largest absolute Gasteiger partial charge is 3.00 e. The number of hydrogen-bond acceptors (Lipinski definition) is 9. The monoisotopic (exact) mass is 527 g/mol. The van der Waals surface area contributed by atoms with Crippen LogP contribution in [0.1, 0.15) is 101 Å². The fourth-order valence-corrected chi connectivity index (χ4v) is 2.44. The topological polar surface area (TPSA) is 172 Å². The molecule has 0 bridgehead atoms. The first kappa shape index (κ1) is 39.2. The third-order valence-corrected chi connectivity index (χ3v) is 3.21. The van der Waals surface area contributed by atoms with Gasteiger partial charge in [0.2, 0.25) is 0 Å². The second kappa shape index (κ2) is 17.4. The van der Waals surface area contributed by atoms with Gasteiger partial charge >= 0.3 is 17.1 Å². The average Bonchev–Trinajstić information content (AvgIpc) is 2.38. The molecule has 0 saturated carbocycles. The number of rotatable bonds is 9. The van der Waals surface area contributed by atoms with Gasteiger partial charge in [0, 0.05) is 56.4 Å². The van der Waals surface area contributed by atoms with Crippen LogP contribution in [0.25, 0.3) is 0 Å². The maximum absolute atomic E-state index is 10.8. The van der Waals surface area contributed by atoms with Crippen molar-refractivity contribution in [3.8, 4) is 0 Å². The van der Waals surface area contributed by atoms with E-state index in [4.69, 9.17) is 0 Å². The normalized spacial score (nSPS) is 10.9. The summed E-state index contributed by atoms with van der Waals surface area (Å²) in [5.74, 6) is -4.68. The predicted molar refractivity (Wildman–Crippen MR) is 116 cm³/mol. The van der Waals surface area contributed by atoms with Crippen LogP contribution in [-0.2, 0) is 45.8 Å². The molecule has 9 nitrogen and oxygen atoms in total. The fraction of sp³-hybridized carbons (Fsp3) is 0.750. The van der Waals surface area contributed by atoms with Gasteiger partial charge in [-0.3, -0.25) is 14.4 Å². The Labute approximate surface area is 213 Å². The summed E-state index contributed by atoms with van der Waals surface area (Å²) in [4.78, 5) is 62.4. The minimum Gasteiger partial charge on any atom is -0.550 e. The van der Waals surface area contributed by atoms with Crippen molar-refractivity contribution in [1.82, 2.24) is 0 Å². The Balaban J connectivity index is -0.000000196. The molecule has 0 amide bonds. The third kappa shape index (κ3) is 40.3. The summed E-state index contributed by atoms with van der Waals surface area (Å²) in [7, 11) is 0. The van der Waals surface area contributed by atoms with E-state index in [1.807, 2.05) is 62.3 Å². The molecule has 0 heterocycles. The van der Waals surface area contributed by atoms with Crippen LogP contribution in [0.3, 0.4) is 0 Å². The zero-order chi connectivity index (χ0) is 27.2. The van der Waals surface area contributed by atoms with E-state index in [1.54, 1.807) is 0 Å². The Bertz CT molecular complexity index is 596. The van der Waals surface area contributed by atoms with Crippen LogP contribution in [0, 0.1) is 16.2 Å². The number of Topliss-reactive ketones (excluding diaryl/α,β-unsaturated/α-hetero) is 3. The minimum absolute atomic E-state index is 0. The molecule has 1 radical (unpaired) electrons. The van der Waals surface area contributed by atoms with Crippen LogP contribution in [-0.4, -0.2) is 35.3 Å². The number of carboxylic acids is 3. The molecule has 0 aromatic carbocycles. The standard InChI is InChI=1S/3C8H14O3.Fe/c3*1-8(2,3)5-6(9)4-7(10)11;/h3*4-5H2,1-3H3,(H,10,11);/q;;;+3/p-3. The van der Waals surface area contributed by atoms with Crippen molar-refractivity contribution < 1.29 is 61.2 Å². The van der Waals surface area contributed by atoms with Gasteiger partial charge < -0.3 is 29.7 Å². The van der Waals surface area contributed by atoms with Crippen LogP contribution < -0.4 is 15.3 Å². The number of carbonyl (C=O) groups is 6. The third-order valence-electron chi connectivity index (χ3n) is 3.21. The Morgan fingerprint density at radius 3 is 0.676 bits per heavy atom. The molecular formula is C24H39FeO9. The van der Waals surface area contributed by atoms with Crippen molar-refractivity contribution in [3.63, 3.8) is 0 Å². The summed E-state index contributed by atoms with van der Waals surface area (Å²) in [6.07, 6.45) is -0.505. The van der Waals surface area contributed by atoms with E-state index in [2.05, 4.69) is 0 Å². The van der Waals surface area contributed by atoms with Crippen molar-refractivity contribution in [2.75, 3.05) is 0 Å². The summed E-state index contributed by atoms with van der Waals surface area (Å²) in [6.45, 7) is 17.0. The number of carbonyl (C=O) groups excluding carboxylic acids is 6. The van der Waals surface area contributed by atoms with E-state index in [-0.39, 0.29) is 50.7 Å². The molecule has 0 saturated heterocycles. The van der Waals surface area contributed by atoms with Crippen molar-refractivity contribution in [3.05, 3.63) is 0 Å². The van der Waals surface area contributed by atoms with Gasteiger partial charge in [0.1, 0.15) is 17.3 Å². The molecule has 0 unspecified atom stereocenters. The molecule has 0 aliphatic heterocycles. The van der Waals surface area contributed by atoms with Crippen LogP contribution in [0.15, 0.2) is 0 Å². The maximum atomic E-state index is 10.8. The van der Waals surface area contributed by atoms with E-state index in [0.29, 0.717) is 19.3 Å². The first-order valence-corrected chi connectivity index (χ1v) is 10.6. The van der Waals surface area contributed by atoms with Crippen molar-refractivity contribution in [2.24, 2.45) is 16.2 Å². The molecule has 0 spiro atoms. The molecule has 0 aliphatic rings. The zero-order valence-electron chi connectivity index (χ0n) is 21.8. The molecule has 0 N–H and O–H groups in total. The van der Waals surface area contributed by atoms with E-state index in [0.717, 1.165) is 0 Å². The van der Waals surface area contributed by atoms with E-state index < -0.39 is 37.2 Å². The van der Waals surface area contributed by atoms with Gasteiger partial charge in [-0.25, -0.2) is 0 Å². The quantitative estimate of drug-likeness (QED) is 0.304. The Kier molecular flexibility index (Phi) is 20.0. The molecule has 34 heavy (non-hydrogen) atoms. The van der Waals surface area contributed by atoms with Crippen molar-refractivity contribution in [2.45, 2.75) is 101 Å². The second-order valence-corrected chi connectivity index (χ2v) is 11.5. The number of carboxylic acid groups (broad SMARTS) is 3. The molecule has 0 aliphatic carbocycles. The van der Waals surface area contributed by atoms with Crippen LogP contribution in [0.5, 0.6) is 0 Å². The molecule has 0 atom stereocenters. The van der Waals surface area contributed by atoms with Gasteiger partial charge in [-0.05, 0) is 16.2 Å². The molecule has 0 aromatic rings. The molecule has 197 valence electrons. The summed E-state index contributed by atoms with van der Waals surface area (Å²) in [6, 6.07) is 0. The first-order chi connectivity index (χ1) is 14.4. The smallest absolute Gasteiger partial charge is 0.550 e. The van der Waals surface area contributed by atoms with Gasteiger partial charge in [0.15, 0.2) is 0 Å². The van der Waals surface area contributed by atoms with Crippen LogP contribution in [0.2, 0.25) is 0 Å². The van der Waals surface area contributed by atoms with Gasteiger partial charge in [-0.15, -0.1) is 0 Å². The minimum atomic E-state index is -1.29. The molecule has 0 rings (SSSR count). The van der Waals surface area contributed by atoms with E-state index in [9.17, 15) is 44.1 Å². The van der Waals surface area contributed by atoms with E-state index in [1.165, 1.54) is 0 Å². The van der Waals surface area contributed by atoms with Gasteiger partial charge in [-0.2, -0.15) is 0 Å². The molecule has 0 fully saturated rings. The summed E-state index contributed by atoms with van der Waals surface area (Å²) >= 11 is 0. The van der Waals surface area contributed by atoms with Crippen molar-refractivity contribution in [1.29, 1.82) is 0 Å². The Morgan fingerprint density at radius 1 is 0.441 bits per heavy atom. The van der Waals surface area contributed by atoms with Crippen LogP contribution >= 0.6 is 0 Å². The molecule has 0 aromatic heterocycles. The summed E-state index contributed by atoms with van der Waals surface area (Å²) < 4.78 is 0. The van der Waals surface area contributed by atoms with Gasteiger partial charge in [-0.1, -0.05) is 62.3 Å². The van der Waals surface area contributed by atoms with Crippen LogP contribution in [0.4, 0.5) is 0 Å². The summed E-state index contributed by atoms with van der Waals surface area (Å²) in [5, 5.41) is 29.9. The van der Waals surface area contributed by atoms with E-state index >= 15 is 0 Å². The number of ketones is 3. The average molecular weight is 527 g/mol. The molecular weight excluding hydrogens is 488 g/mol. The zero-order valence-corrected chi connectivity index (χ0v) is 22.9. The Morgan fingerprint density at radius 2 is 0.588 bits per heavy atom. The number of aliphatic carboxylic acids is 3. The second-order valence-electron chi connectivity index (χ2n) is 11.5. The molecule has 10 heteroatoms. The van der Waals surface area contributed by atoms with Crippen molar-refractivity contribution >= 4 is 35.3 Å². The van der Waals surface area contributed by atoms with Gasteiger partial charge in [0.05, 0.1) is 0 Å². The predicted octanol–water partition coefficient (Wildman–Crippen LogP) is 0.393. The number of hydrogen-bond donors (Lipinski definition) is 0. The summed E-state index contributed by atoms with van der Waals surface area (Å²) in [5.41, 5.74) is -0.397. The first-order valence-electron chi connectivity index (χ1n) is 10.6. The maximum Gasteiger partial charge on any atom is 3.00 e. The van der Waals surface area contributed by atoms with Gasteiger partial charge in [0.25, 0.3) is 0 Å². The SMILES string of the molecule is CC(C)(C)CC(=O)CC(=O)[O-].CC(C)(C)CC(=O)CC(=O)[O-].CC(C)(C)CC(=O)CC(=O)[O-].[Fe+3].